The van der Waals surface area contributed by atoms with Gasteiger partial charge >= 0.3 is 5.97 Å². The summed E-state index contributed by atoms with van der Waals surface area (Å²) in [6, 6.07) is 5.81. The predicted molar refractivity (Wildman–Crippen MR) is 88.6 cm³/mol. The molecule has 0 aliphatic carbocycles. The molecule has 1 aromatic carbocycles. The lowest BCUT2D eigenvalue weighted by Crippen LogP contribution is -1.98. The summed E-state index contributed by atoms with van der Waals surface area (Å²) < 4.78 is 5.72. The summed E-state index contributed by atoms with van der Waals surface area (Å²) in [4.78, 5) is 11.2. The number of carbonyl (C=O) groups is 1. The Bertz CT molecular complexity index is 507. The van der Waals surface area contributed by atoms with E-state index in [1.165, 1.54) is 11.6 Å². The van der Waals surface area contributed by atoms with Crippen LogP contribution in [0.3, 0.4) is 0 Å². The number of hydrogen-bond acceptors (Lipinski definition) is 2. The molecule has 0 bridgehead atoms. The SMILES string of the molecule is CCOC(=O)/C=C/C(C)=C/c1ccc(Cl)cc1CI. The zero-order valence-corrected chi connectivity index (χ0v) is 13.9. The third-order valence-electron chi connectivity index (χ3n) is 2.40. The normalized spacial score (nSPS) is 11.9. The first-order valence-corrected chi connectivity index (χ1v) is 7.84. The minimum Gasteiger partial charge on any atom is -0.463 e. The number of alkyl halides is 1. The van der Waals surface area contributed by atoms with Crippen LogP contribution in [-0.2, 0) is 14.0 Å². The fourth-order valence-electron chi connectivity index (χ4n) is 1.51. The summed E-state index contributed by atoms with van der Waals surface area (Å²) in [5.41, 5.74) is 3.28. The lowest BCUT2D eigenvalue weighted by Gasteiger charge is -2.04. The van der Waals surface area contributed by atoms with Crippen molar-refractivity contribution in [2.75, 3.05) is 6.61 Å². The minimum atomic E-state index is -0.319. The van der Waals surface area contributed by atoms with Crippen LogP contribution in [0.4, 0.5) is 0 Å². The van der Waals surface area contributed by atoms with Crippen LogP contribution in [0.2, 0.25) is 5.02 Å². The Hall–Kier alpha value is -0.810. The van der Waals surface area contributed by atoms with Gasteiger partial charge < -0.3 is 4.74 Å². The van der Waals surface area contributed by atoms with Crippen LogP contribution in [0, 0.1) is 0 Å². The van der Waals surface area contributed by atoms with E-state index in [1.807, 2.05) is 31.2 Å². The largest absolute Gasteiger partial charge is 0.463 e. The average molecular weight is 391 g/mol. The molecule has 0 heterocycles. The highest BCUT2D eigenvalue weighted by atomic mass is 127. The Morgan fingerprint density at radius 3 is 2.79 bits per heavy atom. The van der Waals surface area contributed by atoms with Gasteiger partial charge in [-0.1, -0.05) is 58.0 Å². The molecule has 0 spiro atoms. The second-order valence-electron chi connectivity index (χ2n) is 3.95. The number of ether oxygens (including phenoxy) is 1. The van der Waals surface area contributed by atoms with Crippen molar-refractivity contribution in [1.82, 2.24) is 0 Å². The van der Waals surface area contributed by atoms with Crippen LogP contribution in [0.25, 0.3) is 6.08 Å². The van der Waals surface area contributed by atoms with Crippen molar-refractivity contribution < 1.29 is 9.53 Å². The van der Waals surface area contributed by atoms with Gasteiger partial charge in [0.05, 0.1) is 6.61 Å². The summed E-state index contributed by atoms with van der Waals surface area (Å²) >= 11 is 8.28. The van der Waals surface area contributed by atoms with E-state index >= 15 is 0 Å². The molecule has 19 heavy (non-hydrogen) atoms. The van der Waals surface area contributed by atoms with E-state index in [2.05, 4.69) is 22.6 Å². The van der Waals surface area contributed by atoms with Crippen LogP contribution >= 0.6 is 34.2 Å². The third-order valence-corrected chi connectivity index (χ3v) is 3.46. The molecule has 0 saturated carbocycles. The molecule has 0 saturated heterocycles. The second kappa shape index (κ2) is 8.38. The summed E-state index contributed by atoms with van der Waals surface area (Å²) in [7, 11) is 0. The van der Waals surface area contributed by atoms with Crippen molar-refractivity contribution >= 4 is 46.2 Å². The number of allylic oxidation sites excluding steroid dienone is 2. The van der Waals surface area contributed by atoms with E-state index in [1.54, 1.807) is 13.0 Å². The van der Waals surface area contributed by atoms with Crippen LogP contribution in [0.5, 0.6) is 0 Å². The first-order chi connectivity index (χ1) is 9.06. The molecule has 0 radical (unpaired) electrons. The topological polar surface area (TPSA) is 26.3 Å². The molecule has 0 unspecified atom stereocenters. The van der Waals surface area contributed by atoms with Crippen molar-refractivity contribution in [3.05, 3.63) is 52.1 Å². The molecule has 1 aromatic rings. The number of esters is 1. The molecule has 0 aliphatic heterocycles. The lowest BCUT2D eigenvalue weighted by atomic mass is 10.1. The van der Waals surface area contributed by atoms with Gasteiger partial charge in [0.1, 0.15) is 0 Å². The summed E-state index contributed by atoms with van der Waals surface area (Å²) in [5.74, 6) is -0.319. The lowest BCUT2D eigenvalue weighted by molar-refractivity contribution is -0.137. The van der Waals surface area contributed by atoms with Gasteiger partial charge in [-0.3, -0.25) is 0 Å². The van der Waals surface area contributed by atoms with Crippen LogP contribution < -0.4 is 0 Å². The smallest absolute Gasteiger partial charge is 0.330 e. The zero-order valence-electron chi connectivity index (χ0n) is 11.0. The zero-order chi connectivity index (χ0) is 14.3. The minimum absolute atomic E-state index is 0.319. The van der Waals surface area contributed by atoms with Crippen molar-refractivity contribution in [2.45, 2.75) is 18.3 Å². The Kier molecular flexibility index (Phi) is 7.16. The second-order valence-corrected chi connectivity index (χ2v) is 5.15. The first kappa shape index (κ1) is 16.2. The van der Waals surface area contributed by atoms with Crippen LogP contribution in [0.15, 0.2) is 35.9 Å². The molecule has 1 rings (SSSR count). The Morgan fingerprint density at radius 1 is 1.42 bits per heavy atom. The van der Waals surface area contributed by atoms with E-state index in [0.29, 0.717) is 6.61 Å². The summed E-state index contributed by atoms with van der Waals surface area (Å²) in [6.45, 7) is 4.12. The Morgan fingerprint density at radius 2 is 2.16 bits per heavy atom. The van der Waals surface area contributed by atoms with Crippen LogP contribution in [-0.4, -0.2) is 12.6 Å². The van der Waals surface area contributed by atoms with Gasteiger partial charge in [-0.25, -0.2) is 4.79 Å². The highest BCUT2D eigenvalue weighted by Gasteiger charge is 2.00. The first-order valence-electron chi connectivity index (χ1n) is 5.94. The van der Waals surface area contributed by atoms with Crippen molar-refractivity contribution in [3.8, 4) is 0 Å². The molecular weight excluding hydrogens is 375 g/mol. The fourth-order valence-corrected chi connectivity index (χ4v) is 2.37. The monoisotopic (exact) mass is 390 g/mol. The van der Waals surface area contributed by atoms with Gasteiger partial charge in [0.25, 0.3) is 0 Å². The maximum Gasteiger partial charge on any atom is 0.330 e. The highest BCUT2D eigenvalue weighted by Crippen LogP contribution is 2.21. The molecule has 102 valence electrons. The number of hydrogen-bond donors (Lipinski definition) is 0. The molecule has 4 heteroatoms. The van der Waals surface area contributed by atoms with Crippen molar-refractivity contribution in [2.24, 2.45) is 0 Å². The maximum atomic E-state index is 11.2. The molecule has 0 aliphatic rings. The summed E-state index contributed by atoms with van der Waals surface area (Å²) in [6.07, 6.45) is 5.22. The highest BCUT2D eigenvalue weighted by molar-refractivity contribution is 14.1. The third kappa shape index (κ3) is 5.78. The van der Waals surface area contributed by atoms with Crippen molar-refractivity contribution in [1.29, 1.82) is 0 Å². The molecule has 0 N–H and O–H groups in total. The molecule has 0 atom stereocenters. The Labute approximate surface area is 132 Å². The predicted octanol–water partition coefficient (Wildman–Crippen LogP) is 4.80. The number of carbonyl (C=O) groups excluding carboxylic acids is 1. The molecule has 0 fully saturated rings. The van der Waals surface area contributed by atoms with E-state index in [9.17, 15) is 4.79 Å². The van der Waals surface area contributed by atoms with Gasteiger partial charge in [0.2, 0.25) is 0 Å². The fraction of sp³-hybridized carbons (Fsp3) is 0.267. The quantitative estimate of drug-likeness (QED) is 0.237. The van der Waals surface area contributed by atoms with Crippen molar-refractivity contribution in [3.63, 3.8) is 0 Å². The molecule has 0 amide bonds. The van der Waals surface area contributed by atoms with Crippen LogP contribution in [0.1, 0.15) is 25.0 Å². The van der Waals surface area contributed by atoms with Gasteiger partial charge in [-0.15, -0.1) is 0 Å². The number of benzene rings is 1. The molecular formula is C15H16ClIO2. The van der Waals surface area contributed by atoms with E-state index in [0.717, 1.165) is 20.6 Å². The van der Waals surface area contributed by atoms with Gasteiger partial charge in [-0.2, -0.15) is 0 Å². The summed E-state index contributed by atoms with van der Waals surface area (Å²) in [5, 5.41) is 0.739. The van der Waals surface area contributed by atoms with Gasteiger partial charge in [0.15, 0.2) is 0 Å². The maximum absolute atomic E-state index is 11.2. The molecule has 0 aromatic heterocycles. The van der Waals surface area contributed by atoms with Gasteiger partial charge in [-0.05, 0) is 37.1 Å². The van der Waals surface area contributed by atoms with E-state index in [-0.39, 0.29) is 5.97 Å². The van der Waals surface area contributed by atoms with Gasteiger partial charge in [0, 0.05) is 15.5 Å². The molecule has 2 nitrogen and oxygen atoms in total. The van der Waals surface area contributed by atoms with E-state index < -0.39 is 0 Å². The number of rotatable bonds is 5. The average Bonchev–Trinajstić information content (AvgIpc) is 2.39. The standard InChI is InChI=1S/C15H16ClIO2/c1-3-19-15(18)7-4-11(2)8-12-5-6-14(16)9-13(12)10-17/h4-9H,3,10H2,1-2H3/b7-4+,11-8+. The van der Waals surface area contributed by atoms with E-state index in [4.69, 9.17) is 16.3 Å². The number of halogens is 2. The Balaban J connectivity index is 2.87.